The molecule has 3 aliphatic heterocycles. The van der Waals surface area contributed by atoms with E-state index in [0.29, 0.717) is 28.3 Å². The molecule has 0 radical (unpaired) electrons. The van der Waals surface area contributed by atoms with Crippen LogP contribution in [0.3, 0.4) is 0 Å². The molecule has 8 nitrogen and oxygen atoms in total. The number of carboxylic acid groups (broad SMARTS) is 1. The second-order valence-electron chi connectivity index (χ2n) is 10.2. The summed E-state index contributed by atoms with van der Waals surface area (Å²) in [5.41, 5.74) is 4.74. The van der Waals surface area contributed by atoms with Gasteiger partial charge in [-0.05, 0) is 67.2 Å². The smallest absolute Gasteiger partial charge is 0.420 e. The van der Waals surface area contributed by atoms with Crippen LogP contribution < -0.4 is 10.7 Å². The van der Waals surface area contributed by atoms with Gasteiger partial charge < -0.3 is 14.4 Å². The Morgan fingerprint density at radius 3 is 2.49 bits per heavy atom. The van der Waals surface area contributed by atoms with Gasteiger partial charge in [0.25, 0.3) is 0 Å². The number of hydrogen-bond acceptors (Lipinski definition) is 5. The number of aromatic nitrogens is 1. The Balaban J connectivity index is 1.36. The zero-order valence-electron chi connectivity index (χ0n) is 21.4. The summed E-state index contributed by atoms with van der Waals surface area (Å²) in [5, 5.41) is 10.5. The van der Waals surface area contributed by atoms with E-state index in [4.69, 9.17) is 4.42 Å². The molecule has 0 aliphatic carbocycles. The molecule has 2 bridgehead atoms. The summed E-state index contributed by atoms with van der Waals surface area (Å²) in [6, 6.07) is 20.4. The Hall–Kier alpha value is -4.43. The highest BCUT2D eigenvalue weighted by Crippen LogP contribution is 2.39. The fourth-order valence-corrected chi connectivity index (χ4v) is 5.98. The topological polar surface area (TPSA) is 96.0 Å². The maximum atomic E-state index is 12.8. The van der Waals surface area contributed by atoms with E-state index in [1.807, 2.05) is 60.7 Å². The molecule has 4 aromatic rings. The van der Waals surface area contributed by atoms with E-state index in [9.17, 15) is 19.5 Å². The number of oxazole rings is 1. The van der Waals surface area contributed by atoms with E-state index in [0.717, 1.165) is 55.5 Å². The van der Waals surface area contributed by atoms with Crippen molar-refractivity contribution >= 4 is 35.2 Å². The molecular formula is C31H29N3O5. The first-order valence-corrected chi connectivity index (χ1v) is 13.2. The summed E-state index contributed by atoms with van der Waals surface area (Å²) in [6.45, 7) is 3.04. The molecule has 0 saturated carbocycles. The molecule has 7 rings (SSSR count). The molecule has 3 saturated heterocycles. The average molecular weight is 524 g/mol. The largest absolute Gasteiger partial charge is 0.465 e. The lowest BCUT2D eigenvalue weighted by Crippen LogP contribution is -2.59. The normalized spacial score (nSPS) is 20.5. The molecule has 4 heterocycles. The first-order valence-electron chi connectivity index (χ1n) is 13.2. The predicted octanol–water partition coefficient (Wildman–Crippen LogP) is 5.37. The standard InChI is InChI=1S/C31H29N3O5/c35-20-22-9-11-29-27(18-22)33(31(38)39-29)14-4-5-21-8-10-25(23-6-2-1-3-7-23)26(17-21)34(30(36)37)28-19-32-15-12-24(28)13-16-32/h1-11,17-18,20,24,28H,12-16,19H2,(H,36,37). The fraction of sp³-hybridized carbons (Fsp3) is 0.258. The van der Waals surface area contributed by atoms with Gasteiger partial charge in [0.05, 0.1) is 17.2 Å². The average Bonchev–Trinajstić information content (AvgIpc) is 3.28. The number of hydrogen-bond donors (Lipinski definition) is 1. The Morgan fingerprint density at radius 2 is 1.79 bits per heavy atom. The highest BCUT2D eigenvalue weighted by molar-refractivity contribution is 5.94. The minimum atomic E-state index is -0.950. The number of rotatable bonds is 7. The van der Waals surface area contributed by atoms with E-state index in [-0.39, 0.29) is 12.6 Å². The van der Waals surface area contributed by atoms with Crippen LogP contribution in [0.1, 0.15) is 28.8 Å². The lowest BCUT2D eigenvalue weighted by molar-refractivity contribution is 0.0838. The summed E-state index contributed by atoms with van der Waals surface area (Å²) >= 11 is 0. The number of carbonyl (C=O) groups excluding carboxylic acids is 1. The second-order valence-corrected chi connectivity index (χ2v) is 10.2. The van der Waals surface area contributed by atoms with Gasteiger partial charge in [0.1, 0.15) is 6.29 Å². The molecule has 39 heavy (non-hydrogen) atoms. The van der Waals surface area contributed by atoms with Crippen LogP contribution in [0.5, 0.6) is 0 Å². The van der Waals surface area contributed by atoms with Crippen LogP contribution in [0, 0.1) is 5.92 Å². The van der Waals surface area contributed by atoms with Gasteiger partial charge in [-0.25, -0.2) is 9.59 Å². The zero-order chi connectivity index (χ0) is 26.9. The summed E-state index contributed by atoms with van der Waals surface area (Å²) in [7, 11) is 0. The van der Waals surface area contributed by atoms with Crippen molar-refractivity contribution in [2.45, 2.75) is 25.4 Å². The molecular weight excluding hydrogens is 494 g/mol. The molecule has 1 atom stereocenters. The van der Waals surface area contributed by atoms with Crippen molar-refractivity contribution in [1.29, 1.82) is 0 Å². The molecule has 8 heteroatoms. The monoisotopic (exact) mass is 523 g/mol. The summed E-state index contributed by atoms with van der Waals surface area (Å²) in [6.07, 6.45) is 5.52. The molecule has 1 unspecified atom stereocenters. The Bertz CT molecular complexity index is 1610. The minimum absolute atomic E-state index is 0.102. The molecule has 1 amide bonds. The zero-order valence-corrected chi connectivity index (χ0v) is 21.4. The highest BCUT2D eigenvalue weighted by Gasteiger charge is 2.40. The lowest BCUT2D eigenvalue weighted by Gasteiger charge is -2.48. The quantitative estimate of drug-likeness (QED) is 0.328. The van der Waals surface area contributed by atoms with Gasteiger partial charge in [-0.15, -0.1) is 0 Å². The number of benzene rings is 3. The van der Waals surface area contributed by atoms with Gasteiger partial charge in [0, 0.05) is 24.2 Å². The Morgan fingerprint density at radius 1 is 1.03 bits per heavy atom. The van der Waals surface area contributed by atoms with E-state index >= 15 is 0 Å². The molecule has 3 aliphatic rings. The van der Waals surface area contributed by atoms with Crippen molar-refractivity contribution in [3.05, 3.63) is 94.5 Å². The number of anilines is 1. The van der Waals surface area contributed by atoms with Crippen molar-refractivity contribution in [3.63, 3.8) is 0 Å². The number of allylic oxidation sites excluding steroid dienone is 1. The third kappa shape index (κ3) is 4.79. The van der Waals surface area contributed by atoms with Gasteiger partial charge >= 0.3 is 11.8 Å². The highest BCUT2D eigenvalue weighted by atomic mass is 16.4. The second kappa shape index (κ2) is 10.4. The summed E-state index contributed by atoms with van der Waals surface area (Å²) in [5.74, 6) is -0.163. The van der Waals surface area contributed by atoms with Crippen molar-refractivity contribution in [2.75, 3.05) is 24.5 Å². The van der Waals surface area contributed by atoms with E-state index in [1.54, 1.807) is 23.1 Å². The van der Waals surface area contributed by atoms with Gasteiger partial charge in [-0.3, -0.25) is 14.3 Å². The molecule has 1 aromatic heterocycles. The van der Waals surface area contributed by atoms with E-state index < -0.39 is 11.8 Å². The van der Waals surface area contributed by atoms with Crippen molar-refractivity contribution in [1.82, 2.24) is 9.47 Å². The van der Waals surface area contributed by atoms with Gasteiger partial charge in [-0.1, -0.05) is 54.6 Å². The minimum Gasteiger partial charge on any atom is -0.465 e. The van der Waals surface area contributed by atoms with Crippen molar-refractivity contribution in [3.8, 4) is 11.1 Å². The molecule has 3 aromatic carbocycles. The van der Waals surface area contributed by atoms with Crippen LogP contribution in [-0.4, -0.2) is 52.6 Å². The molecule has 1 N–H and O–H groups in total. The van der Waals surface area contributed by atoms with E-state index in [2.05, 4.69) is 4.90 Å². The Kier molecular flexibility index (Phi) is 6.62. The van der Waals surface area contributed by atoms with Crippen LogP contribution in [-0.2, 0) is 6.54 Å². The first kappa shape index (κ1) is 24.9. The SMILES string of the molecule is O=Cc1ccc2oc(=O)n(CC=Cc3ccc(-c4ccccc4)c(N(C(=O)O)C4CN5CCC4CC5)c3)c2c1. The number of nitrogens with zero attached hydrogens (tertiary/aromatic N) is 3. The van der Waals surface area contributed by atoms with Crippen LogP contribution in [0.25, 0.3) is 28.3 Å². The van der Waals surface area contributed by atoms with E-state index in [1.165, 1.54) is 4.57 Å². The third-order valence-corrected chi connectivity index (χ3v) is 7.95. The van der Waals surface area contributed by atoms with Crippen LogP contribution in [0.4, 0.5) is 10.5 Å². The number of amides is 1. The van der Waals surface area contributed by atoms with Crippen molar-refractivity contribution < 1.29 is 19.1 Å². The van der Waals surface area contributed by atoms with Crippen LogP contribution in [0.2, 0.25) is 0 Å². The Labute approximate surface area is 225 Å². The fourth-order valence-electron chi connectivity index (χ4n) is 5.98. The van der Waals surface area contributed by atoms with Crippen molar-refractivity contribution in [2.24, 2.45) is 5.92 Å². The number of fused-ring (bicyclic) bond motifs is 4. The van der Waals surface area contributed by atoms with Crippen LogP contribution in [0.15, 0.2) is 82.0 Å². The van der Waals surface area contributed by atoms with Gasteiger partial charge in [0.2, 0.25) is 0 Å². The van der Waals surface area contributed by atoms with Gasteiger partial charge in [0.15, 0.2) is 5.58 Å². The maximum absolute atomic E-state index is 12.8. The molecule has 3 fully saturated rings. The first-order chi connectivity index (χ1) is 19.0. The van der Waals surface area contributed by atoms with Gasteiger partial charge in [-0.2, -0.15) is 0 Å². The number of piperidine rings is 3. The maximum Gasteiger partial charge on any atom is 0.420 e. The number of carbonyl (C=O) groups is 2. The van der Waals surface area contributed by atoms with Crippen LogP contribution >= 0.6 is 0 Å². The predicted molar refractivity (Wildman–Crippen MR) is 150 cm³/mol. The summed E-state index contributed by atoms with van der Waals surface area (Å²) < 4.78 is 6.78. The molecule has 0 spiro atoms. The lowest BCUT2D eigenvalue weighted by atomic mass is 9.82. The number of aldehydes is 1. The third-order valence-electron chi connectivity index (χ3n) is 7.95. The molecule has 198 valence electrons. The summed E-state index contributed by atoms with van der Waals surface area (Å²) in [4.78, 5) is 40.3.